The number of nitrogens with zero attached hydrogens (tertiary/aromatic N) is 3. The van der Waals surface area contributed by atoms with E-state index in [0.717, 1.165) is 25.9 Å². The second-order valence-corrected chi connectivity index (χ2v) is 13.1. The molecule has 1 atom stereocenters. The molecule has 14 heteroatoms. The van der Waals surface area contributed by atoms with Crippen LogP contribution in [0.2, 0.25) is 0 Å². The predicted octanol–water partition coefficient (Wildman–Crippen LogP) is 2.07. The number of carbonyl (C=O) groups is 3. The zero-order valence-electron chi connectivity index (χ0n) is 23.6. The van der Waals surface area contributed by atoms with E-state index in [0.29, 0.717) is 68.5 Å². The van der Waals surface area contributed by atoms with Crippen LogP contribution in [0.1, 0.15) is 50.0 Å². The van der Waals surface area contributed by atoms with Gasteiger partial charge in [-0.1, -0.05) is 9.95 Å². The summed E-state index contributed by atoms with van der Waals surface area (Å²) in [4.78, 5) is 40.8. The van der Waals surface area contributed by atoms with Crippen LogP contribution >= 0.6 is 11.8 Å². The molecule has 3 fully saturated rings. The summed E-state index contributed by atoms with van der Waals surface area (Å²) in [5.74, 6) is -0.509. The van der Waals surface area contributed by atoms with E-state index >= 15 is 0 Å². The van der Waals surface area contributed by atoms with Gasteiger partial charge >= 0.3 is 10.5 Å². The van der Waals surface area contributed by atoms with E-state index in [9.17, 15) is 26.7 Å². The molecule has 3 saturated heterocycles. The third-order valence-electron chi connectivity index (χ3n) is 8.44. The Balaban J connectivity index is 1.32. The fourth-order valence-corrected chi connectivity index (χ4v) is 7.01. The molecular formula is C27H39FN4O7S2. The summed E-state index contributed by atoms with van der Waals surface area (Å²) in [7, 11) is -3.57. The van der Waals surface area contributed by atoms with Crippen LogP contribution < -0.4 is 14.4 Å². The lowest BCUT2D eigenvalue weighted by atomic mass is 9.88. The van der Waals surface area contributed by atoms with Crippen LogP contribution in [-0.4, -0.2) is 106 Å². The number of nitrogens with one attached hydrogen (secondary N) is 1. The van der Waals surface area contributed by atoms with Crippen molar-refractivity contribution in [2.75, 3.05) is 64.1 Å². The van der Waals surface area contributed by atoms with Gasteiger partial charge in [0, 0.05) is 50.1 Å². The lowest BCUT2D eigenvalue weighted by molar-refractivity contribution is -0.137. The van der Waals surface area contributed by atoms with Crippen molar-refractivity contribution >= 4 is 46.2 Å². The topological polar surface area (TPSA) is 126 Å². The Morgan fingerprint density at radius 1 is 1.24 bits per heavy atom. The normalized spacial score (nSPS) is 21.5. The summed E-state index contributed by atoms with van der Waals surface area (Å²) in [5.41, 5.74) is 1.03. The molecule has 1 N–H and O–H groups in total. The van der Waals surface area contributed by atoms with Gasteiger partial charge in [0.2, 0.25) is 18.2 Å². The van der Waals surface area contributed by atoms with Gasteiger partial charge in [0.05, 0.1) is 18.8 Å². The molecule has 4 rings (SSSR count). The summed E-state index contributed by atoms with van der Waals surface area (Å²) >= 11 is 1.84. The molecule has 0 aromatic heterocycles. The highest BCUT2D eigenvalue weighted by Gasteiger charge is 2.43. The Morgan fingerprint density at radius 3 is 2.56 bits per heavy atom. The second kappa shape index (κ2) is 13.7. The van der Waals surface area contributed by atoms with Crippen LogP contribution in [0, 0.1) is 0 Å². The van der Waals surface area contributed by atoms with Crippen molar-refractivity contribution in [3.05, 3.63) is 23.8 Å². The quantitative estimate of drug-likeness (QED) is 0.293. The van der Waals surface area contributed by atoms with Crippen molar-refractivity contribution in [3.8, 4) is 5.75 Å². The largest absolute Gasteiger partial charge is 0.488 e. The highest BCUT2D eigenvalue weighted by molar-refractivity contribution is 7.99. The van der Waals surface area contributed by atoms with Gasteiger partial charge in [0.25, 0.3) is 0 Å². The van der Waals surface area contributed by atoms with Gasteiger partial charge in [-0.15, -0.1) is 0 Å². The number of carbonyl (C=O) groups excluding carboxylic acids is 3. The first kappa shape index (κ1) is 31.5. The average Bonchev–Trinajstić information content (AvgIpc) is 3.34. The van der Waals surface area contributed by atoms with Crippen molar-refractivity contribution in [1.29, 1.82) is 0 Å². The minimum absolute atomic E-state index is 0.0380. The molecule has 3 heterocycles. The van der Waals surface area contributed by atoms with Gasteiger partial charge < -0.3 is 18.7 Å². The summed E-state index contributed by atoms with van der Waals surface area (Å²) in [5, 5.41) is 2.60. The van der Waals surface area contributed by atoms with Crippen LogP contribution in [0.3, 0.4) is 0 Å². The van der Waals surface area contributed by atoms with E-state index in [1.807, 2.05) is 16.7 Å². The first-order valence-electron chi connectivity index (χ1n) is 13.9. The van der Waals surface area contributed by atoms with E-state index in [4.69, 9.17) is 8.92 Å². The fraction of sp³-hybridized carbons (Fsp3) is 0.667. The zero-order valence-corrected chi connectivity index (χ0v) is 25.2. The monoisotopic (exact) mass is 614 g/mol. The summed E-state index contributed by atoms with van der Waals surface area (Å²) in [6, 6.07) is 4.93. The maximum Gasteiger partial charge on any atom is 0.488 e. The molecule has 11 nitrogen and oxygen atoms in total. The molecule has 0 saturated carbocycles. The van der Waals surface area contributed by atoms with Gasteiger partial charge in [-0.05, 0) is 69.0 Å². The van der Waals surface area contributed by atoms with Gasteiger partial charge in [-0.25, -0.2) is 0 Å². The van der Waals surface area contributed by atoms with E-state index in [1.54, 1.807) is 24.1 Å². The molecule has 1 spiro atoms. The smallest absolute Gasteiger partial charge is 0.374 e. The Kier molecular flexibility index (Phi) is 10.5. The SMILES string of the molecule is CSC1COC2(CCN(C(=O)CN3CCC(c4ccc(N(C)CCC(=O)NC=O)cc4OS(=O)(=O)F)CC3)CC2)C1. The molecule has 0 radical (unpaired) electrons. The molecule has 41 heavy (non-hydrogen) atoms. The summed E-state index contributed by atoms with van der Waals surface area (Å²) in [6.45, 7) is 4.06. The highest BCUT2D eigenvalue weighted by atomic mass is 32.3. The number of imide groups is 1. The van der Waals surface area contributed by atoms with Crippen molar-refractivity contribution < 1.29 is 35.6 Å². The Hall–Kier alpha value is -2.42. The molecular weight excluding hydrogens is 575 g/mol. The first-order valence-corrected chi connectivity index (χ1v) is 16.5. The Bertz CT molecular complexity index is 1200. The predicted molar refractivity (Wildman–Crippen MR) is 154 cm³/mol. The lowest BCUT2D eigenvalue weighted by Gasteiger charge is -2.40. The number of halogens is 1. The van der Waals surface area contributed by atoms with E-state index in [1.165, 1.54) is 6.07 Å². The van der Waals surface area contributed by atoms with Crippen LogP contribution in [-0.2, 0) is 29.6 Å². The van der Waals surface area contributed by atoms with Crippen molar-refractivity contribution in [3.63, 3.8) is 0 Å². The number of ether oxygens (including phenoxy) is 1. The number of anilines is 1. The number of thioether (sulfide) groups is 1. The molecule has 1 aromatic rings. The maximum atomic E-state index is 13.6. The maximum absolute atomic E-state index is 13.6. The summed E-state index contributed by atoms with van der Waals surface area (Å²) < 4.78 is 47.3. The molecule has 1 aromatic carbocycles. The lowest BCUT2D eigenvalue weighted by Crippen LogP contribution is -2.50. The number of piperidine rings is 2. The van der Waals surface area contributed by atoms with Gasteiger partial charge in [-0.3, -0.25) is 24.6 Å². The highest BCUT2D eigenvalue weighted by Crippen LogP contribution is 2.40. The number of amides is 3. The van der Waals surface area contributed by atoms with Crippen molar-refractivity contribution in [2.24, 2.45) is 0 Å². The van der Waals surface area contributed by atoms with Crippen molar-refractivity contribution in [1.82, 2.24) is 15.1 Å². The molecule has 0 bridgehead atoms. The minimum Gasteiger partial charge on any atom is -0.374 e. The third kappa shape index (κ3) is 8.55. The zero-order chi connectivity index (χ0) is 29.6. The van der Waals surface area contributed by atoms with Crippen LogP contribution in [0.4, 0.5) is 9.57 Å². The number of hydrogen-bond acceptors (Lipinski definition) is 10. The third-order valence-corrected chi connectivity index (χ3v) is 9.79. The molecule has 0 aliphatic carbocycles. The number of likely N-dealkylation sites (tertiary alicyclic amines) is 2. The molecule has 3 aliphatic rings. The first-order chi connectivity index (χ1) is 19.5. The number of benzene rings is 1. The van der Waals surface area contributed by atoms with E-state index in [-0.39, 0.29) is 36.1 Å². The van der Waals surface area contributed by atoms with Gasteiger partial charge in [-0.2, -0.15) is 20.2 Å². The minimum atomic E-state index is -5.26. The Morgan fingerprint density at radius 2 is 1.95 bits per heavy atom. The van der Waals surface area contributed by atoms with Crippen molar-refractivity contribution in [2.45, 2.75) is 55.3 Å². The fourth-order valence-electron chi connectivity index (χ4n) is 5.97. The van der Waals surface area contributed by atoms with E-state index < -0.39 is 16.4 Å². The second-order valence-electron chi connectivity index (χ2n) is 11.0. The summed E-state index contributed by atoms with van der Waals surface area (Å²) in [6.07, 6.45) is 6.57. The van der Waals surface area contributed by atoms with E-state index in [2.05, 4.69) is 16.5 Å². The van der Waals surface area contributed by atoms with Gasteiger partial charge in [0.1, 0.15) is 0 Å². The Labute approximate surface area is 245 Å². The standard InChI is InChI=1S/C27H39FN4O7S2/c1-30(10-7-25(34)29-19-33)21-3-4-23(24(15-21)39-41(28,36)37)20-5-11-31(12-6-20)17-26(35)32-13-8-27(9-14-32)16-22(40-2)18-38-27/h3-4,15,19-20,22H,5-14,16-18H2,1-2H3,(H,29,33,34). The molecule has 3 aliphatic heterocycles. The average molecular weight is 615 g/mol. The van der Waals surface area contributed by atoms with Crippen LogP contribution in [0.5, 0.6) is 5.75 Å². The van der Waals surface area contributed by atoms with Crippen LogP contribution in [0.15, 0.2) is 18.2 Å². The number of rotatable bonds is 11. The molecule has 3 amide bonds. The van der Waals surface area contributed by atoms with Gasteiger partial charge in [0.15, 0.2) is 5.75 Å². The number of hydrogen-bond donors (Lipinski definition) is 1. The molecule has 228 valence electrons. The van der Waals surface area contributed by atoms with Crippen LogP contribution in [0.25, 0.3) is 0 Å². The molecule has 1 unspecified atom stereocenters.